The van der Waals surface area contributed by atoms with E-state index in [4.69, 9.17) is 5.73 Å². The van der Waals surface area contributed by atoms with Crippen LogP contribution >= 0.6 is 0 Å². The van der Waals surface area contributed by atoms with Crippen molar-refractivity contribution in [1.82, 2.24) is 5.32 Å². The van der Waals surface area contributed by atoms with Crippen molar-refractivity contribution in [3.8, 4) is 0 Å². The molecule has 0 aromatic heterocycles. The smallest absolute Gasteiger partial charge is 0.228 e. The molecule has 1 unspecified atom stereocenters. The van der Waals surface area contributed by atoms with Gasteiger partial charge in [-0.05, 0) is 36.2 Å². The zero-order chi connectivity index (χ0) is 13.0. The third-order valence-corrected chi connectivity index (χ3v) is 3.47. The molecule has 1 atom stereocenters. The molecule has 1 aromatic rings. The van der Waals surface area contributed by atoms with Gasteiger partial charge in [0, 0.05) is 12.2 Å². The van der Waals surface area contributed by atoms with Crippen LogP contribution in [0.15, 0.2) is 18.2 Å². The van der Waals surface area contributed by atoms with Crippen LogP contribution in [0.5, 0.6) is 0 Å². The second kappa shape index (κ2) is 5.98. The number of carbonyl (C=O) groups excluding carboxylic acids is 1. The van der Waals surface area contributed by atoms with Gasteiger partial charge in [0.25, 0.3) is 0 Å². The maximum absolute atomic E-state index is 11.3. The Hall–Kier alpha value is -1.39. The van der Waals surface area contributed by atoms with Crippen molar-refractivity contribution in [2.24, 2.45) is 11.7 Å². The van der Waals surface area contributed by atoms with E-state index in [1.54, 1.807) is 0 Å². The van der Waals surface area contributed by atoms with E-state index in [9.17, 15) is 4.79 Å². The first-order chi connectivity index (χ1) is 8.72. The van der Waals surface area contributed by atoms with Crippen LogP contribution in [0.4, 0.5) is 5.69 Å². The average molecular weight is 247 g/mol. The normalized spacial score (nSPS) is 15.3. The van der Waals surface area contributed by atoms with Gasteiger partial charge in [-0.15, -0.1) is 0 Å². The Bertz CT molecular complexity index is 427. The van der Waals surface area contributed by atoms with Crippen LogP contribution < -0.4 is 16.4 Å². The topological polar surface area (TPSA) is 67.1 Å². The highest BCUT2D eigenvalue weighted by Crippen LogP contribution is 2.23. The summed E-state index contributed by atoms with van der Waals surface area (Å²) in [6.45, 7) is 4.66. The van der Waals surface area contributed by atoms with E-state index in [0.29, 0.717) is 12.3 Å². The summed E-state index contributed by atoms with van der Waals surface area (Å²) in [4.78, 5) is 11.3. The van der Waals surface area contributed by atoms with Gasteiger partial charge in [-0.25, -0.2) is 0 Å². The van der Waals surface area contributed by atoms with Crippen LogP contribution in [-0.4, -0.2) is 19.0 Å². The molecule has 1 amide bonds. The second-order valence-corrected chi connectivity index (χ2v) is 4.86. The Morgan fingerprint density at radius 2 is 2.33 bits per heavy atom. The largest absolute Gasteiger partial charge is 0.330 e. The summed E-state index contributed by atoms with van der Waals surface area (Å²) in [5.74, 6) is 0.631. The quantitative estimate of drug-likeness (QED) is 0.709. The zero-order valence-corrected chi connectivity index (χ0v) is 10.8. The Morgan fingerprint density at radius 1 is 1.50 bits per heavy atom. The fourth-order valence-corrected chi connectivity index (χ4v) is 2.21. The van der Waals surface area contributed by atoms with Gasteiger partial charge < -0.3 is 16.4 Å². The van der Waals surface area contributed by atoms with Crippen molar-refractivity contribution >= 4 is 11.6 Å². The number of benzene rings is 1. The minimum absolute atomic E-state index is 0.0873. The molecule has 1 aromatic carbocycles. The van der Waals surface area contributed by atoms with E-state index < -0.39 is 0 Å². The lowest BCUT2D eigenvalue weighted by Gasteiger charge is -2.13. The van der Waals surface area contributed by atoms with E-state index in [1.807, 2.05) is 6.07 Å². The molecule has 4 N–H and O–H groups in total. The van der Waals surface area contributed by atoms with Crippen LogP contribution in [0.1, 0.15) is 24.5 Å². The number of rotatable bonds is 6. The highest BCUT2D eigenvalue weighted by molar-refractivity contribution is 5.99. The average Bonchev–Trinajstić information content (AvgIpc) is 2.74. The molecule has 18 heavy (non-hydrogen) atoms. The number of hydrogen-bond acceptors (Lipinski definition) is 3. The molecule has 0 radical (unpaired) electrons. The fourth-order valence-electron chi connectivity index (χ4n) is 2.21. The summed E-state index contributed by atoms with van der Waals surface area (Å²) in [6, 6.07) is 6.14. The zero-order valence-electron chi connectivity index (χ0n) is 10.8. The third-order valence-electron chi connectivity index (χ3n) is 3.47. The van der Waals surface area contributed by atoms with Crippen LogP contribution in [-0.2, 0) is 17.8 Å². The Morgan fingerprint density at radius 3 is 3.06 bits per heavy atom. The van der Waals surface area contributed by atoms with Crippen LogP contribution in [0, 0.1) is 5.92 Å². The highest BCUT2D eigenvalue weighted by Gasteiger charge is 2.17. The molecule has 0 fully saturated rings. The minimum atomic E-state index is 0.0873. The van der Waals surface area contributed by atoms with Crippen molar-refractivity contribution in [3.63, 3.8) is 0 Å². The monoisotopic (exact) mass is 247 g/mol. The highest BCUT2D eigenvalue weighted by atomic mass is 16.1. The molecule has 98 valence electrons. The van der Waals surface area contributed by atoms with Crippen LogP contribution in [0.2, 0.25) is 0 Å². The van der Waals surface area contributed by atoms with E-state index in [-0.39, 0.29) is 5.91 Å². The maximum atomic E-state index is 11.3. The first kappa shape index (κ1) is 13.1. The van der Waals surface area contributed by atoms with E-state index >= 15 is 0 Å². The number of carbonyl (C=O) groups is 1. The van der Waals surface area contributed by atoms with Crippen molar-refractivity contribution in [2.75, 3.05) is 18.4 Å². The first-order valence-corrected chi connectivity index (χ1v) is 6.55. The molecule has 4 nitrogen and oxygen atoms in total. The SMILES string of the molecule is CCC(CN)CNCc1ccc2c(c1)CC(=O)N2. The molecule has 1 aliphatic heterocycles. The molecular formula is C14H21N3O. The number of fused-ring (bicyclic) bond motifs is 1. The van der Waals surface area contributed by atoms with Crippen LogP contribution in [0.25, 0.3) is 0 Å². The predicted octanol–water partition coefficient (Wildman–Crippen LogP) is 1.26. The van der Waals surface area contributed by atoms with Gasteiger partial charge in [0.05, 0.1) is 6.42 Å². The summed E-state index contributed by atoms with van der Waals surface area (Å²) in [6.07, 6.45) is 1.61. The number of anilines is 1. The Labute approximate surface area is 108 Å². The predicted molar refractivity (Wildman–Crippen MR) is 73.3 cm³/mol. The summed E-state index contributed by atoms with van der Waals surface area (Å²) in [7, 11) is 0. The van der Waals surface area contributed by atoms with Gasteiger partial charge >= 0.3 is 0 Å². The van der Waals surface area contributed by atoms with Crippen molar-refractivity contribution < 1.29 is 4.79 Å². The Kier molecular flexibility index (Phi) is 4.33. The van der Waals surface area contributed by atoms with E-state index in [2.05, 4.69) is 29.7 Å². The van der Waals surface area contributed by atoms with E-state index in [0.717, 1.165) is 37.3 Å². The van der Waals surface area contributed by atoms with Crippen molar-refractivity contribution in [3.05, 3.63) is 29.3 Å². The lowest BCUT2D eigenvalue weighted by molar-refractivity contribution is -0.115. The lowest BCUT2D eigenvalue weighted by Crippen LogP contribution is -2.27. The molecule has 4 heteroatoms. The molecular weight excluding hydrogens is 226 g/mol. The third kappa shape index (κ3) is 3.09. The molecule has 0 aliphatic carbocycles. The van der Waals surface area contributed by atoms with Gasteiger partial charge in [-0.2, -0.15) is 0 Å². The van der Waals surface area contributed by atoms with Gasteiger partial charge in [0.15, 0.2) is 0 Å². The summed E-state index contributed by atoms with van der Waals surface area (Å²) in [5, 5.41) is 6.26. The second-order valence-electron chi connectivity index (χ2n) is 4.86. The molecule has 0 bridgehead atoms. The fraction of sp³-hybridized carbons (Fsp3) is 0.500. The van der Waals surface area contributed by atoms with E-state index in [1.165, 1.54) is 5.56 Å². The molecule has 1 aliphatic rings. The summed E-state index contributed by atoms with van der Waals surface area (Å²) < 4.78 is 0. The standard InChI is InChI=1S/C14H21N3O/c1-2-10(7-15)8-16-9-11-3-4-13-12(5-11)6-14(18)17-13/h3-5,10,16H,2,6-9,15H2,1H3,(H,17,18). The maximum Gasteiger partial charge on any atom is 0.228 e. The molecule has 0 saturated carbocycles. The number of nitrogens with one attached hydrogen (secondary N) is 2. The molecule has 0 saturated heterocycles. The summed E-state index contributed by atoms with van der Waals surface area (Å²) >= 11 is 0. The lowest BCUT2D eigenvalue weighted by atomic mass is 10.1. The Balaban J connectivity index is 1.87. The van der Waals surface area contributed by atoms with Crippen molar-refractivity contribution in [1.29, 1.82) is 0 Å². The van der Waals surface area contributed by atoms with Crippen LogP contribution in [0.3, 0.4) is 0 Å². The molecule has 0 spiro atoms. The number of hydrogen-bond donors (Lipinski definition) is 3. The molecule has 2 rings (SSSR count). The number of nitrogens with two attached hydrogens (primary N) is 1. The van der Waals surface area contributed by atoms with Gasteiger partial charge in [-0.1, -0.05) is 25.5 Å². The minimum Gasteiger partial charge on any atom is -0.330 e. The number of amides is 1. The molecule has 1 heterocycles. The first-order valence-electron chi connectivity index (χ1n) is 6.55. The van der Waals surface area contributed by atoms with Crippen molar-refractivity contribution in [2.45, 2.75) is 26.3 Å². The summed E-state index contributed by atoms with van der Waals surface area (Å²) in [5.41, 5.74) is 8.94. The van der Waals surface area contributed by atoms with Gasteiger partial charge in [0.1, 0.15) is 0 Å². The van der Waals surface area contributed by atoms with Gasteiger partial charge in [0.2, 0.25) is 5.91 Å². The van der Waals surface area contributed by atoms with Gasteiger partial charge in [-0.3, -0.25) is 4.79 Å².